The molecule has 0 radical (unpaired) electrons. The second-order valence-electron chi connectivity index (χ2n) is 6.81. The van der Waals surface area contributed by atoms with Crippen LogP contribution in [0.1, 0.15) is 27.2 Å². The number of halogens is 4. The molecule has 2 aromatic carbocycles. The highest BCUT2D eigenvalue weighted by Crippen LogP contribution is 2.31. The topological polar surface area (TPSA) is 95.8 Å². The van der Waals surface area contributed by atoms with E-state index in [2.05, 4.69) is 20.8 Å². The average Bonchev–Trinajstić information content (AvgIpc) is 2.76. The van der Waals surface area contributed by atoms with Gasteiger partial charge in [0.05, 0.1) is 18.9 Å². The molecule has 0 atom stereocenters. The molecule has 11 heteroatoms. The Labute approximate surface area is 191 Å². The second-order valence-corrected chi connectivity index (χ2v) is 7.24. The van der Waals surface area contributed by atoms with Crippen LogP contribution < -0.4 is 15.5 Å². The summed E-state index contributed by atoms with van der Waals surface area (Å²) in [6, 6.07) is 10.9. The third kappa shape index (κ3) is 5.92. The Bertz CT molecular complexity index is 1220. The van der Waals surface area contributed by atoms with Crippen LogP contribution in [0.25, 0.3) is 0 Å². The third-order valence-corrected chi connectivity index (χ3v) is 4.70. The summed E-state index contributed by atoms with van der Waals surface area (Å²) < 4.78 is 44.6. The number of aryl methyl sites for hydroxylation is 1. The quantitative estimate of drug-likeness (QED) is 0.331. The molecule has 1 amide bonds. The molecule has 0 aliphatic carbocycles. The molecule has 172 valence electrons. The van der Waals surface area contributed by atoms with E-state index < -0.39 is 17.8 Å². The average molecular weight is 479 g/mol. The number of phenols is 1. The Morgan fingerprint density at radius 1 is 1.18 bits per heavy atom. The van der Waals surface area contributed by atoms with Crippen molar-refractivity contribution in [3.05, 3.63) is 75.9 Å². The number of anilines is 2. The van der Waals surface area contributed by atoms with Crippen LogP contribution in [0.5, 0.6) is 11.5 Å². The number of nitrogens with one attached hydrogen (secondary N) is 2. The van der Waals surface area contributed by atoms with Crippen molar-refractivity contribution < 1.29 is 27.8 Å². The van der Waals surface area contributed by atoms with Gasteiger partial charge in [-0.25, -0.2) is 10.4 Å². The maximum absolute atomic E-state index is 13.2. The summed E-state index contributed by atoms with van der Waals surface area (Å²) in [5.41, 5.74) is 2.50. The summed E-state index contributed by atoms with van der Waals surface area (Å²) in [6.45, 7) is 1.72. The van der Waals surface area contributed by atoms with Gasteiger partial charge < -0.3 is 15.2 Å². The fourth-order valence-corrected chi connectivity index (χ4v) is 2.92. The number of aromatic hydroxyl groups is 1. The lowest BCUT2D eigenvalue weighted by Gasteiger charge is -2.15. The monoisotopic (exact) mass is 478 g/mol. The van der Waals surface area contributed by atoms with Crippen LogP contribution in [0.2, 0.25) is 5.02 Å². The van der Waals surface area contributed by atoms with Gasteiger partial charge in [-0.05, 0) is 60.5 Å². The van der Waals surface area contributed by atoms with E-state index in [1.165, 1.54) is 37.6 Å². The summed E-state index contributed by atoms with van der Waals surface area (Å²) in [5, 5.41) is 16.5. The van der Waals surface area contributed by atoms with E-state index in [9.17, 15) is 23.1 Å². The van der Waals surface area contributed by atoms with E-state index in [1.807, 2.05) is 0 Å². The van der Waals surface area contributed by atoms with E-state index in [4.69, 9.17) is 16.3 Å². The van der Waals surface area contributed by atoms with Crippen molar-refractivity contribution in [2.45, 2.75) is 13.1 Å². The van der Waals surface area contributed by atoms with Crippen LogP contribution in [0.3, 0.4) is 0 Å². The molecule has 3 N–H and O–H groups in total. The van der Waals surface area contributed by atoms with Crippen molar-refractivity contribution in [3.63, 3.8) is 0 Å². The van der Waals surface area contributed by atoms with Crippen LogP contribution in [0.4, 0.5) is 24.7 Å². The summed E-state index contributed by atoms with van der Waals surface area (Å²) in [6.07, 6.45) is -3.42. The number of hydrogen-bond acceptors (Lipinski definition) is 6. The van der Waals surface area contributed by atoms with Gasteiger partial charge in [-0.2, -0.15) is 18.3 Å². The molecule has 0 bridgehead atoms. The van der Waals surface area contributed by atoms with Gasteiger partial charge in [0.15, 0.2) is 11.5 Å². The molecule has 1 heterocycles. The lowest BCUT2D eigenvalue weighted by atomic mass is 10.1. The van der Waals surface area contributed by atoms with E-state index in [0.29, 0.717) is 27.9 Å². The molecule has 0 saturated carbocycles. The molecule has 0 aliphatic rings. The van der Waals surface area contributed by atoms with Crippen LogP contribution in [0.15, 0.2) is 53.6 Å². The van der Waals surface area contributed by atoms with E-state index in [1.54, 1.807) is 19.1 Å². The second kappa shape index (κ2) is 9.78. The summed E-state index contributed by atoms with van der Waals surface area (Å²) in [5.74, 6) is -0.961. The number of alkyl halides is 3. The molecule has 0 unspecified atom stereocenters. The number of hydrazone groups is 1. The number of phenolic OH excluding ortho intramolecular Hbond substituents is 1. The van der Waals surface area contributed by atoms with Crippen molar-refractivity contribution in [2.24, 2.45) is 5.10 Å². The fourth-order valence-electron chi connectivity index (χ4n) is 2.75. The molecular formula is C22H18ClF3N4O3. The highest BCUT2D eigenvalue weighted by Gasteiger charge is 2.33. The Hall–Kier alpha value is -3.79. The Balaban J connectivity index is 1.89. The Morgan fingerprint density at radius 3 is 2.64 bits per heavy atom. The van der Waals surface area contributed by atoms with Gasteiger partial charge in [-0.3, -0.25) is 4.79 Å². The number of pyridine rings is 1. The number of carbonyl (C=O) groups is 1. The molecule has 1 aromatic heterocycles. The van der Waals surface area contributed by atoms with Crippen LogP contribution in [-0.2, 0) is 6.18 Å². The van der Waals surface area contributed by atoms with Gasteiger partial charge in [0.2, 0.25) is 0 Å². The van der Waals surface area contributed by atoms with E-state index in [0.717, 1.165) is 6.07 Å². The number of rotatable bonds is 6. The van der Waals surface area contributed by atoms with E-state index >= 15 is 0 Å². The number of aromatic nitrogens is 1. The van der Waals surface area contributed by atoms with Crippen LogP contribution in [0, 0.1) is 6.92 Å². The van der Waals surface area contributed by atoms with Gasteiger partial charge in [0.25, 0.3) is 5.91 Å². The minimum atomic E-state index is -4.70. The number of ether oxygens (including phenoxy) is 1. The third-order valence-electron chi connectivity index (χ3n) is 4.47. The minimum Gasteiger partial charge on any atom is -0.504 e. The minimum absolute atomic E-state index is 0.0680. The number of amides is 1. The van der Waals surface area contributed by atoms with Gasteiger partial charge in [0, 0.05) is 10.7 Å². The number of benzene rings is 2. The summed E-state index contributed by atoms with van der Waals surface area (Å²) >= 11 is 5.98. The molecule has 0 aliphatic heterocycles. The fraction of sp³-hybridized carbons (Fsp3) is 0.136. The van der Waals surface area contributed by atoms with Crippen LogP contribution in [-0.4, -0.2) is 29.3 Å². The predicted octanol–water partition coefficient (Wildman–Crippen LogP) is 5.28. The highest BCUT2D eigenvalue weighted by atomic mass is 35.5. The largest absolute Gasteiger partial charge is 0.504 e. The number of hydrogen-bond donors (Lipinski definition) is 3. The molecule has 3 aromatic rings. The standard InChI is InChI=1S/C22H18ClF3N4O3/c1-12-3-5-14(23)10-16(12)28-20-15(6-8-19(29-20)22(24,25)26)21(32)30-27-11-13-4-7-17(31)18(9-13)33-2/h3-11,31H,1-2H3,(H,28,29)(H,30,32)/b27-11+. The van der Waals surface area contributed by atoms with Crippen molar-refractivity contribution >= 4 is 35.2 Å². The first kappa shape index (κ1) is 23.9. The SMILES string of the molecule is COc1cc(/C=N/NC(=O)c2ccc(C(F)(F)F)nc2Nc2cc(Cl)ccc2C)ccc1O. The van der Waals surface area contributed by atoms with Crippen molar-refractivity contribution in [3.8, 4) is 11.5 Å². The zero-order valence-corrected chi connectivity index (χ0v) is 18.1. The summed E-state index contributed by atoms with van der Waals surface area (Å²) in [7, 11) is 1.38. The van der Waals surface area contributed by atoms with Gasteiger partial charge in [-0.15, -0.1) is 0 Å². The first-order valence-corrected chi connectivity index (χ1v) is 9.78. The lowest BCUT2D eigenvalue weighted by molar-refractivity contribution is -0.141. The zero-order chi connectivity index (χ0) is 24.2. The summed E-state index contributed by atoms with van der Waals surface area (Å²) in [4.78, 5) is 16.3. The molecule has 0 spiro atoms. The molecule has 0 fully saturated rings. The number of nitrogens with zero attached hydrogens (tertiary/aromatic N) is 2. The van der Waals surface area contributed by atoms with Crippen molar-refractivity contribution in [1.82, 2.24) is 10.4 Å². The molecule has 33 heavy (non-hydrogen) atoms. The number of carbonyl (C=O) groups excluding carboxylic acids is 1. The van der Waals surface area contributed by atoms with Gasteiger partial charge >= 0.3 is 6.18 Å². The van der Waals surface area contributed by atoms with E-state index in [-0.39, 0.29) is 22.9 Å². The predicted molar refractivity (Wildman–Crippen MR) is 118 cm³/mol. The molecule has 7 nitrogen and oxygen atoms in total. The molecule has 3 rings (SSSR count). The Morgan fingerprint density at radius 2 is 1.94 bits per heavy atom. The maximum Gasteiger partial charge on any atom is 0.433 e. The van der Waals surface area contributed by atoms with Gasteiger partial charge in [-0.1, -0.05) is 17.7 Å². The first-order chi connectivity index (χ1) is 15.6. The van der Waals surface area contributed by atoms with Crippen molar-refractivity contribution in [1.29, 1.82) is 0 Å². The molecular weight excluding hydrogens is 461 g/mol. The van der Waals surface area contributed by atoms with Crippen LogP contribution >= 0.6 is 11.6 Å². The smallest absolute Gasteiger partial charge is 0.433 e. The Kier molecular flexibility index (Phi) is 7.07. The zero-order valence-electron chi connectivity index (χ0n) is 17.4. The lowest BCUT2D eigenvalue weighted by Crippen LogP contribution is -2.21. The maximum atomic E-state index is 13.2. The normalized spacial score (nSPS) is 11.5. The number of methoxy groups -OCH3 is 1. The van der Waals surface area contributed by atoms with Crippen molar-refractivity contribution in [2.75, 3.05) is 12.4 Å². The molecule has 0 saturated heterocycles. The highest BCUT2D eigenvalue weighted by molar-refractivity contribution is 6.30. The van der Waals surface area contributed by atoms with Gasteiger partial charge in [0.1, 0.15) is 11.5 Å². The first-order valence-electron chi connectivity index (χ1n) is 9.40.